The maximum absolute atomic E-state index is 12.2. The molecule has 124 valence electrons. The predicted molar refractivity (Wildman–Crippen MR) is 91.8 cm³/mol. The van der Waals surface area contributed by atoms with E-state index in [4.69, 9.17) is 5.73 Å². The zero-order valence-electron chi connectivity index (χ0n) is 13.2. The van der Waals surface area contributed by atoms with E-state index in [2.05, 4.69) is 10.3 Å². The van der Waals surface area contributed by atoms with Gasteiger partial charge in [0.2, 0.25) is 5.91 Å². The molecule has 0 bridgehead atoms. The van der Waals surface area contributed by atoms with Crippen molar-refractivity contribution in [3.05, 3.63) is 33.1 Å². The summed E-state index contributed by atoms with van der Waals surface area (Å²) in [5.74, 6) is 0.453. The molecule has 8 nitrogen and oxygen atoms in total. The molecule has 0 saturated carbocycles. The maximum Gasteiger partial charge on any atom is 0.332 e. The van der Waals surface area contributed by atoms with Crippen LogP contribution in [0.15, 0.2) is 21.9 Å². The lowest BCUT2D eigenvalue weighted by Gasteiger charge is -2.12. The van der Waals surface area contributed by atoms with Gasteiger partial charge in [0, 0.05) is 14.1 Å². The smallest absolute Gasteiger partial charge is 0.323 e. The van der Waals surface area contributed by atoms with E-state index in [0.29, 0.717) is 12.1 Å². The normalized spacial score (nSPS) is 12.3. The molecule has 0 fully saturated rings. The highest BCUT2D eigenvalue weighted by atomic mass is 32.2. The van der Waals surface area contributed by atoms with Crippen LogP contribution in [0.4, 0.5) is 5.69 Å². The third-order valence-corrected chi connectivity index (χ3v) is 4.17. The van der Waals surface area contributed by atoms with E-state index < -0.39 is 17.3 Å². The number of carbonyl (C=O) groups is 1. The minimum Gasteiger partial charge on any atom is -0.323 e. The second-order valence-corrected chi connectivity index (χ2v) is 6.16. The van der Waals surface area contributed by atoms with Gasteiger partial charge in [-0.2, -0.15) is 11.8 Å². The zero-order valence-corrected chi connectivity index (χ0v) is 14.0. The Kier molecular flexibility index (Phi) is 5.22. The number of nitrogens with zero attached hydrogens (tertiary/aromatic N) is 3. The highest BCUT2D eigenvalue weighted by molar-refractivity contribution is 7.98. The van der Waals surface area contributed by atoms with Crippen molar-refractivity contribution < 1.29 is 4.79 Å². The van der Waals surface area contributed by atoms with Gasteiger partial charge in [0.15, 0.2) is 0 Å². The monoisotopic (exact) mass is 337 g/mol. The number of nitrogens with two attached hydrogens (primary N) is 1. The van der Waals surface area contributed by atoms with Crippen LogP contribution in [0.3, 0.4) is 0 Å². The van der Waals surface area contributed by atoms with Crippen LogP contribution in [0.1, 0.15) is 6.42 Å². The summed E-state index contributed by atoms with van der Waals surface area (Å²) in [5, 5.41) is 2.91. The van der Waals surface area contributed by atoms with Crippen LogP contribution in [0, 0.1) is 0 Å². The van der Waals surface area contributed by atoms with E-state index in [0.717, 1.165) is 10.3 Å². The molecular formula is C14H19N5O3S. The minimum atomic E-state index is -0.624. The average molecular weight is 337 g/mol. The Morgan fingerprint density at radius 2 is 2.09 bits per heavy atom. The van der Waals surface area contributed by atoms with Crippen molar-refractivity contribution in [2.45, 2.75) is 12.5 Å². The number of carbonyl (C=O) groups excluding carboxylic acids is 1. The summed E-state index contributed by atoms with van der Waals surface area (Å²) < 4.78 is 2.28. The van der Waals surface area contributed by atoms with Gasteiger partial charge in [-0.15, -0.1) is 0 Å². The topological polar surface area (TPSA) is 112 Å². The van der Waals surface area contributed by atoms with Gasteiger partial charge < -0.3 is 11.1 Å². The number of aromatic nitrogens is 3. The number of pyridine rings is 1. The van der Waals surface area contributed by atoms with E-state index in [-0.39, 0.29) is 16.9 Å². The summed E-state index contributed by atoms with van der Waals surface area (Å²) in [6.07, 6.45) is 3.91. The third-order valence-electron chi connectivity index (χ3n) is 3.53. The highest BCUT2D eigenvalue weighted by Crippen LogP contribution is 2.12. The molecule has 0 aliphatic rings. The van der Waals surface area contributed by atoms with E-state index in [9.17, 15) is 14.4 Å². The number of hydrogen-bond acceptors (Lipinski definition) is 6. The molecule has 0 aromatic carbocycles. The summed E-state index contributed by atoms with van der Waals surface area (Å²) >= 11 is 1.61. The Hall–Kier alpha value is -2.13. The zero-order chi connectivity index (χ0) is 17.1. The standard InChI is InChI=1S/C14H19N5O3S/c1-18-11-9(13(21)19(2)14(18)22)6-8(7-16-11)17-12(20)10(15)4-5-23-3/h6-7,10H,4-5,15H2,1-3H3,(H,17,20)/t10-/m0/s1. The fourth-order valence-corrected chi connectivity index (χ4v) is 2.63. The minimum absolute atomic E-state index is 0.255. The molecule has 2 heterocycles. The summed E-state index contributed by atoms with van der Waals surface area (Å²) in [7, 11) is 2.93. The molecule has 23 heavy (non-hydrogen) atoms. The highest BCUT2D eigenvalue weighted by Gasteiger charge is 2.15. The van der Waals surface area contributed by atoms with E-state index in [1.54, 1.807) is 11.8 Å². The quantitative estimate of drug-likeness (QED) is 0.771. The molecule has 0 aliphatic heterocycles. The number of thioether (sulfide) groups is 1. The lowest BCUT2D eigenvalue weighted by atomic mass is 10.2. The van der Waals surface area contributed by atoms with Crippen LogP contribution in [-0.2, 0) is 18.9 Å². The molecule has 3 N–H and O–H groups in total. The molecule has 0 radical (unpaired) electrons. The van der Waals surface area contributed by atoms with Gasteiger partial charge in [-0.1, -0.05) is 0 Å². The van der Waals surface area contributed by atoms with Gasteiger partial charge in [0.1, 0.15) is 5.65 Å². The predicted octanol–water partition coefficient (Wildman–Crippen LogP) is -0.349. The lowest BCUT2D eigenvalue weighted by Crippen LogP contribution is -2.38. The van der Waals surface area contributed by atoms with Gasteiger partial charge in [-0.3, -0.25) is 18.7 Å². The van der Waals surface area contributed by atoms with Gasteiger partial charge in [0.05, 0.1) is 23.3 Å². The Morgan fingerprint density at radius 3 is 2.74 bits per heavy atom. The molecule has 9 heteroatoms. The Balaban J connectivity index is 2.36. The summed E-state index contributed by atoms with van der Waals surface area (Å²) in [4.78, 5) is 40.2. The number of rotatable bonds is 5. The van der Waals surface area contributed by atoms with Crippen LogP contribution in [0.25, 0.3) is 11.0 Å². The van der Waals surface area contributed by atoms with Crippen molar-refractivity contribution in [1.29, 1.82) is 0 Å². The van der Waals surface area contributed by atoms with E-state index in [1.165, 1.54) is 30.9 Å². The Morgan fingerprint density at radius 1 is 1.39 bits per heavy atom. The van der Waals surface area contributed by atoms with Crippen LogP contribution in [-0.4, -0.2) is 38.1 Å². The molecule has 1 amide bonds. The Labute approximate surface area is 136 Å². The van der Waals surface area contributed by atoms with Gasteiger partial charge in [-0.05, 0) is 24.5 Å². The molecular weight excluding hydrogens is 318 g/mol. The first-order chi connectivity index (χ1) is 10.9. The maximum atomic E-state index is 12.2. The first-order valence-corrected chi connectivity index (χ1v) is 8.37. The molecule has 2 aromatic rings. The first-order valence-electron chi connectivity index (χ1n) is 6.98. The number of amides is 1. The second kappa shape index (κ2) is 6.97. The van der Waals surface area contributed by atoms with Crippen molar-refractivity contribution in [3.8, 4) is 0 Å². The largest absolute Gasteiger partial charge is 0.332 e. The third kappa shape index (κ3) is 3.45. The van der Waals surface area contributed by atoms with Crippen molar-refractivity contribution in [1.82, 2.24) is 14.1 Å². The molecule has 2 aromatic heterocycles. The fourth-order valence-electron chi connectivity index (χ4n) is 2.14. The Bertz CT molecular complexity index is 858. The number of nitrogens with one attached hydrogen (secondary N) is 1. The van der Waals surface area contributed by atoms with E-state index in [1.807, 2.05) is 6.26 Å². The van der Waals surface area contributed by atoms with Crippen molar-refractivity contribution in [2.75, 3.05) is 17.3 Å². The summed E-state index contributed by atoms with van der Waals surface area (Å²) in [5.41, 5.74) is 5.53. The SMILES string of the molecule is CSCC[C@H](N)C(=O)Nc1cnc2c(c1)c(=O)n(C)c(=O)n2C. The average Bonchev–Trinajstić information content (AvgIpc) is 2.55. The van der Waals surface area contributed by atoms with Crippen LogP contribution in [0.5, 0.6) is 0 Å². The second-order valence-electron chi connectivity index (χ2n) is 5.18. The molecule has 1 atom stereocenters. The van der Waals surface area contributed by atoms with Crippen molar-refractivity contribution >= 4 is 34.4 Å². The van der Waals surface area contributed by atoms with Crippen LogP contribution >= 0.6 is 11.8 Å². The molecule has 0 spiro atoms. The van der Waals surface area contributed by atoms with E-state index >= 15 is 0 Å². The molecule has 0 aliphatic carbocycles. The summed E-state index contributed by atoms with van der Waals surface area (Å²) in [6, 6.07) is 0.879. The molecule has 0 saturated heterocycles. The number of fused-ring (bicyclic) bond motifs is 1. The van der Waals surface area contributed by atoms with Crippen LogP contribution in [0.2, 0.25) is 0 Å². The van der Waals surface area contributed by atoms with Gasteiger partial charge in [-0.25, -0.2) is 9.78 Å². The number of hydrogen-bond donors (Lipinski definition) is 2. The summed E-state index contributed by atoms with van der Waals surface area (Å²) in [6.45, 7) is 0. The fraction of sp³-hybridized carbons (Fsp3) is 0.429. The lowest BCUT2D eigenvalue weighted by molar-refractivity contribution is -0.117. The van der Waals surface area contributed by atoms with Crippen LogP contribution < -0.4 is 22.3 Å². The first kappa shape index (κ1) is 17.2. The molecule has 0 unspecified atom stereocenters. The number of aryl methyl sites for hydroxylation is 1. The van der Waals surface area contributed by atoms with Gasteiger partial charge in [0.25, 0.3) is 5.56 Å². The van der Waals surface area contributed by atoms with Gasteiger partial charge >= 0.3 is 5.69 Å². The molecule has 2 rings (SSSR count). The van der Waals surface area contributed by atoms with Crippen molar-refractivity contribution in [2.24, 2.45) is 19.8 Å². The number of anilines is 1. The van der Waals surface area contributed by atoms with Crippen molar-refractivity contribution in [3.63, 3.8) is 0 Å².